The Kier molecular flexibility index (Phi) is 5.97. The van der Waals surface area contributed by atoms with Gasteiger partial charge in [0.25, 0.3) is 0 Å². The first-order chi connectivity index (χ1) is 7.66. The first kappa shape index (κ1) is 13.6. The Labute approximate surface area is 105 Å². The molecule has 0 saturated heterocycles. The van der Waals surface area contributed by atoms with Crippen molar-refractivity contribution in [3.8, 4) is 0 Å². The zero-order chi connectivity index (χ0) is 12.0. The maximum Gasteiger partial charge on any atom is 0.0180 e. The topological polar surface area (TPSA) is 0 Å². The molecule has 0 heterocycles. The molecule has 0 fully saturated rings. The lowest BCUT2D eigenvalue weighted by atomic mass is 9.85. The van der Waals surface area contributed by atoms with E-state index < -0.39 is 0 Å². The predicted octanol–water partition coefficient (Wildman–Crippen LogP) is 5.19. The summed E-state index contributed by atoms with van der Waals surface area (Å²) in [6.07, 6.45) is 11.4. The molecule has 1 heteroatoms. The van der Waals surface area contributed by atoms with E-state index in [1.165, 1.54) is 6.42 Å². The summed E-state index contributed by atoms with van der Waals surface area (Å²) in [5, 5.41) is 3.00. The van der Waals surface area contributed by atoms with Gasteiger partial charge >= 0.3 is 0 Å². The van der Waals surface area contributed by atoms with Crippen LogP contribution in [0.25, 0.3) is 0 Å². The van der Waals surface area contributed by atoms with Crippen LogP contribution in [-0.4, -0.2) is 5.25 Å². The highest BCUT2D eigenvalue weighted by Crippen LogP contribution is 2.36. The minimum absolute atomic E-state index is 0.712. The van der Waals surface area contributed by atoms with Crippen LogP contribution in [0, 0.1) is 11.8 Å². The zero-order valence-electron chi connectivity index (χ0n) is 10.9. The van der Waals surface area contributed by atoms with Gasteiger partial charge in [-0.2, -0.15) is 0 Å². The van der Waals surface area contributed by atoms with Crippen LogP contribution in [0.4, 0.5) is 0 Å². The third kappa shape index (κ3) is 3.86. The van der Waals surface area contributed by atoms with E-state index in [1.54, 1.807) is 5.57 Å². The van der Waals surface area contributed by atoms with Crippen molar-refractivity contribution in [3.05, 3.63) is 35.3 Å². The Morgan fingerprint density at radius 3 is 2.81 bits per heavy atom. The second kappa shape index (κ2) is 7.01. The highest BCUT2D eigenvalue weighted by molar-refractivity contribution is 8.02. The van der Waals surface area contributed by atoms with E-state index >= 15 is 0 Å². The quantitative estimate of drug-likeness (QED) is 0.633. The molecule has 0 unspecified atom stereocenters. The first-order valence-corrected chi connectivity index (χ1v) is 7.24. The van der Waals surface area contributed by atoms with E-state index in [4.69, 9.17) is 0 Å². The molecule has 0 aromatic carbocycles. The third-order valence-electron chi connectivity index (χ3n) is 3.09. The fraction of sp³-hybridized carbons (Fsp3) is 0.600. The number of rotatable bonds is 5. The van der Waals surface area contributed by atoms with Crippen molar-refractivity contribution in [1.82, 2.24) is 0 Å². The summed E-state index contributed by atoms with van der Waals surface area (Å²) in [4.78, 5) is 0. The van der Waals surface area contributed by atoms with Crippen LogP contribution in [0.1, 0.15) is 40.5 Å². The lowest BCUT2D eigenvalue weighted by Gasteiger charge is -2.30. The second-order valence-electron chi connectivity index (χ2n) is 4.81. The minimum atomic E-state index is 0.712. The molecule has 0 nitrogen and oxygen atoms in total. The summed E-state index contributed by atoms with van der Waals surface area (Å²) in [5.74, 6) is 1.45. The second-order valence-corrected chi connectivity index (χ2v) is 5.89. The Morgan fingerprint density at radius 2 is 2.25 bits per heavy atom. The van der Waals surface area contributed by atoms with E-state index in [0.29, 0.717) is 5.25 Å². The van der Waals surface area contributed by atoms with Crippen LogP contribution in [0.2, 0.25) is 0 Å². The fourth-order valence-corrected chi connectivity index (χ4v) is 3.42. The van der Waals surface area contributed by atoms with Crippen molar-refractivity contribution < 1.29 is 0 Å². The van der Waals surface area contributed by atoms with Crippen LogP contribution in [0.3, 0.4) is 0 Å². The number of hydrogen-bond donors (Lipinski definition) is 0. The largest absolute Gasteiger partial charge is 0.130 e. The van der Waals surface area contributed by atoms with Crippen LogP contribution in [0.15, 0.2) is 35.3 Å². The highest BCUT2D eigenvalue weighted by Gasteiger charge is 2.25. The average molecular weight is 236 g/mol. The van der Waals surface area contributed by atoms with Gasteiger partial charge < -0.3 is 0 Å². The summed E-state index contributed by atoms with van der Waals surface area (Å²) in [7, 11) is 0. The standard InChI is InChI=1S/C15H24S/c1-5-6-11-16-15(12(2)3)14-10-8-7-9-13(14)4/h6-9,11-12,14-15H,5,10H2,1-4H3/b11-6-/t14-,15-/m1/s1. The molecule has 90 valence electrons. The van der Waals surface area contributed by atoms with Crippen LogP contribution in [-0.2, 0) is 0 Å². The van der Waals surface area contributed by atoms with Crippen LogP contribution in [0.5, 0.6) is 0 Å². The van der Waals surface area contributed by atoms with Crippen molar-refractivity contribution in [2.24, 2.45) is 11.8 Å². The van der Waals surface area contributed by atoms with Gasteiger partial charge in [0, 0.05) is 5.25 Å². The highest BCUT2D eigenvalue weighted by atomic mass is 32.2. The molecule has 0 radical (unpaired) electrons. The van der Waals surface area contributed by atoms with Crippen LogP contribution >= 0.6 is 11.8 Å². The van der Waals surface area contributed by atoms with E-state index in [9.17, 15) is 0 Å². The van der Waals surface area contributed by atoms with E-state index in [2.05, 4.69) is 57.4 Å². The maximum atomic E-state index is 2.34. The summed E-state index contributed by atoms with van der Waals surface area (Å²) >= 11 is 2.01. The molecule has 0 bridgehead atoms. The summed E-state index contributed by atoms with van der Waals surface area (Å²) < 4.78 is 0. The van der Waals surface area contributed by atoms with Gasteiger partial charge in [-0.05, 0) is 37.0 Å². The normalized spacial score (nSPS) is 22.8. The molecule has 2 atom stereocenters. The summed E-state index contributed by atoms with van der Waals surface area (Å²) in [5.41, 5.74) is 1.54. The van der Waals surface area contributed by atoms with Crippen molar-refractivity contribution in [2.45, 2.75) is 45.8 Å². The minimum Gasteiger partial charge on any atom is -0.130 e. The van der Waals surface area contributed by atoms with Gasteiger partial charge in [0.15, 0.2) is 0 Å². The SMILES string of the molecule is CC/C=C\S[C@H](C(C)C)[C@@H]1CC=CC=C1C. The van der Waals surface area contributed by atoms with Gasteiger partial charge in [0.1, 0.15) is 0 Å². The smallest absolute Gasteiger partial charge is 0.0180 e. The molecule has 0 aliphatic heterocycles. The summed E-state index contributed by atoms with van der Waals surface area (Å²) in [6, 6.07) is 0. The molecule has 0 N–H and O–H groups in total. The van der Waals surface area contributed by atoms with E-state index in [1.807, 2.05) is 11.8 Å². The molecule has 16 heavy (non-hydrogen) atoms. The Bertz CT molecular complexity index is 284. The van der Waals surface area contributed by atoms with Gasteiger partial charge in [-0.15, -0.1) is 11.8 Å². The molecule has 0 saturated carbocycles. The number of hydrogen-bond acceptors (Lipinski definition) is 1. The molecule has 1 rings (SSSR count). The van der Waals surface area contributed by atoms with Crippen LogP contribution < -0.4 is 0 Å². The van der Waals surface area contributed by atoms with Gasteiger partial charge in [0.2, 0.25) is 0 Å². The van der Waals surface area contributed by atoms with Crippen molar-refractivity contribution in [3.63, 3.8) is 0 Å². The molecule has 1 aliphatic rings. The molecule has 0 spiro atoms. The Morgan fingerprint density at radius 1 is 1.50 bits per heavy atom. The average Bonchev–Trinajstić information content (AvgIpc) is 2.25. The number of thioether (sulfide) groups is 1. The molecular formula is C15H24S. The lowest BCUT2D eigenvalue weighted by Crippen LogP contribution is -2.24. The van der Waals surface area contributed by atoms with Crippen molar-refractivity contribution in [2.75, 3.05) is 0 Å². The maximum absolute atomic E-state index is 2.34. The third-order valence-corrected chi connectivity index (χ3v) is 4.63. The van der Waals surface area contributed by atoms with Gasteiger partial charge in [-0.3, -0.25) is 0 Å². The molecule has 0 aromatic heterocycles. The van der Waals surface area contributed by atoms with Gasteiger partial charge in [-0.25, -0.2) is 0 Å². The number of allylic oxidation sites excluding steroid dienone is 5. The monoisotopic (exact) mass is 236 g/mol. The van der Waals surface area contributed by atoms with E-state index in [0.717, 1.165) is 18.3 Å². The van der Waals surface area contributed by atoms with Gasteiger partial charge in [0.05, 0.1) is 0 Å². The first-order valence-electron chi connectivity index (χ1n) is 6.30. The fourth-order valence-electron chi connectivity index (χ4n) is 2.11. The summed E-state index contributed by atoms with van der Waals surface area (Å²) in [6.45, 7) is 9.13. The molecule has 0 aromatic rings. The Balaban J connectivity index is 2.66. The molecule has 0 amide bonds. The van der Waals surface area contributed by atoms with Crippen molar-refractivity contribution >= 4 is 11.8 Å². The van der Waals surface area contributed by atoms with Gasteiger partial charge in [-0.1, -0.05) is 50.6 Å². The zero-order valence-corrected chi connectivity index (χ0v) is 11.8. The van der Waals surface area contributed by atoms with E-state index in [-0.39, 0.29) is 0 Å². The Hall–Kier alpha value is -0.430. The van der Waals surface area contributed by atoms with Crippen molar-refractivity contribution in [1.29, 1.82) is 0 Å². The molecule has 1 aliphatic carbocycles. The molecular weight excluding hydrogens is 212 g/mol. The lowest BCUT2D eigenvalue weighted by molar-refractivity contribution is 0.476. The predicted molar refractivity (Wildman–Crippen MR) is 76.7 cm³/mol.